The van der Waals surface area contributed by atoms with Crippen molar-refractivity contribution in [2.75, 3.05) is 0 Å². The Balaban J connectivity index is 2.56. The maximum Gasteiger partial charge on any atom is 0.271 e. The number of nitrogens with one attached hydrogen (secondary N) is 1. The largest absolute Gasteiger partial charge is 0.493 e. The molecule has 0 unspecified atom stereocenters. The van der Waals surface area contributed by atoms with Crippen molar-refractivity contribution in [1.82, 2.24) is 14.8 Å². The third-order valence-corrected chi connectivity index (χ3v) is 3.45. The Morgan fingerprint density at radius 2 is 2.17 bits per heavy atom. The number of rotatable bonds is 5. The molecule has 2 N–H and O–H groups in total. The Labute approximate surface area is 133 Å². The van der Waals surface area contributed by atoms with Gasteiger partial charge in [-0.2, -0.15) is 10.4 Å². The molecular formula is C15H18N6O2. The van der Waals surface area contributed by atoms with Crippen LogP contribution in [-0.2, 0) is 6.54 Å². The minimum atomic E-state index is -0.509. The zero-order valence-corrected chi connectivity index (χ0v) is 13.3. The summed E-state index contributed by atoms with van der Waals surface area (Å²) in [7, 11) is 0. The molecule has 8 heteroatoms. The van der Waals surface area contributed by atoms with Crippen LogP contribution in [0.15, 0.2) is 21.1 Å². The zero-order valence-electron chi connectivity index (χ0n) is 13.3. The van der Waals surface area contributed by atoms with Crippen LogP contribution in [0.2, 0.25) is 0 Å². The van der Waals surface area contributed by atoms with Crippen molar-refractivity contribution in [2.24, 2.45) is 10.2 Å². The van der Waals surface area contributed by atoms with Crippen molar-refractivity contribution >= 4 is 11.5 Å². The number of aryl methyl sites for hydroxylation is 1. The van der Waals surface area contributed by atoms with Gasteiger partial charge in [-0.3, -0.25) is 14.5 Å². The molecule has 2 rings (SSSR count). The van der Waals surface area contributed by atoms with Crippen LogP contribution >= 0.6 is 0 Å². The summed E-state index contributed by atoms with van der Waals surface area (Å²) in [6.45, 7) is 5.68. The van der Waals surface area contributed by atoms with Gasteiger partial charge in [0.05, 0.1) is 0 Å². The number of nitriles is 1. The van der Waals surface area contributed by atoms with E-state index in [1.54, 1.807) is 13.0 Å². The number of hydrogen-bond acceptors (Lipinski definition) is 6. The highest BCUT2D eigenvalue weighted by Gasteiger charge is 2.18. The second-order valence-electron chi connectivity index (χ2n) is 5.20. The van der Waals surface area contributed by atoms with Crippen molar-refractivity contribution in [3.8, 4) is 11.9 Å². The molecule has 8 nitrogen and oxygen atoms in total. The Morgan fingerprint density at radius 1 is 1.43 bits per heavy atom. The van der Waals surface area contributed by atoms with E-state index >= 15 is 0 Å². The van der Waals surface area contributed by atoms with Gasteiger partial charge in [-0.1, -0.05) is 13.3 Å². The summed E-state index contributed by atoms with van der Waals surface area (Å²) in [4.78, 5) is 12.3. The second kappa shape index (κ2) is 6.87. The van der Waals surface area contributed by atoms with E-state index in [1.165, 1.54) is 4.57 Å². The molecule has 0 spiro atoms. The molecule has 0 saturated heterocycles. The van der Waals surface area contributed by atoms with Gasteiger partial charge in [0.15, 0.2) is 11.5 Å². The molecule has 2 heterocycles. The molecule has 0 aromatic carbocycles. The zero-order chi connectivity index (χ0) is 17.0. The van der Waals surface area contributed by atoms with E-state index in [-0.39, 0.29) is 17.1 Å². The number of aromatic hydroxyl groups is 1. The van der Waals surface area contributed by atoms with Crippen LogP contribution in [0, 0.1) is 25.2 Å². The van der Waals surface area contributed by atoms with Crippen LogP contribution in [0.1, 0.15) is 36.6 Å². The summed E-state index contributed by atoms with van der Waals surface area (Å²) < 4.78 is 1.17. The number of nitrogens with zero attached hydrogens (tertiary/aromatic N) is 5. The van der Waals surface area contributed by atoms with Crippen LogP contribution in [0.4, 0.5) is 11.5 Å². The van der Waals surface area contributed by atoms with Gasteiger partial charge in [0.1, 0.15) is 11.6 Å². The van der Waals surface area contributed by atoms with Gasteiger partial charge in [-0.15, -0.1) is 10.2 Å². The molecule has 0 aliphatic rings. The minimum absolute atomic E-state index is 0.0361. The number of pyridine rings is 1. The van der Waals surface area contributed by atoms with Crippen LogP contribution in [-0.4, -0.2) is 19.9 Å². The highest BCUT2D eigenvalue weighted by Crippen LogP contribution is 2.32. The predicted molar refractivity (Wildman–Crippen MR) is 84.2 cm³/mol. The lowest BCUT2D eigenvalue weighted by Gasteiger charge is -2.12. The summed E-state index contributed by atoms with van der Waals surface area (Å²) in [5.74, 6) is 0.0714. The fraction of sp³-hybridized carbons (Fsp3) is 0.400. The first-order valence-corrected chi connectivity index (χ1v) is 7.29. The number of H-pyrrole nitrogens is 1. The lowest BCUT2D eigenvalue weighted by molar-refractivity contribution is 0.402. The first-order chi connectivity index (χ1) is 11.0. The number of aromatic nitrogens is 3. The van der Waals surface area contributed by atoms with Crippen LogP contribution in [0.25, 0.3) is 0 Å². The number of hydrogen-bond donors (Lipinski definition) is 2. The van der Waals surface area contributed by atoms with Crippen molar-refractivity contribution in [3.05, 3.63) is 33.2 Å². The topological polar surface area (TPSA) is 119 Å². The average Bonchev–Trinajstić information content (AvgIpc) is 2.93. The molecule has 0 fully saturated rings. The Bertz CT molecular complexity index is 841. The molecule has 0 atom stereocenters. The van der Waals surface area contributed by atoms with E-state index in [2.05, 4.69) is 20.4 Å². The Morgan fingerprint density at radius 3 is 2.74 bits per heavy atom. The second-order valence-corrected chi connectivity index (χ2v) is 5.20. The SMILES string of the molecule is CCCCn1c(O)c(/N=N/c2cc(C)[nH]n2)c(C)c(C#N)c1=O. The lowest BCUT2D eigenvalue weighted by atomic mass is 10.1. The van der Waals surface area contributed by atoms with Crippen molar-refractivity contribution < 1.29 is 5.11 Å². The van der Waals surface area contributed by atoms with Gasteiger partial charge in [0.25, 0.3) is 5.56 Å². The summed E-state index contributed by atoms with van der Waals surface area (Å²) in [5.41, 5.74) is 0.693. The van der Waals surface area contributed by atoms with E-state index in [0.29, 0.717) is 24.3 Å². The third kappa shape index (κ3) is 3.29. The van der Waals surface area contributed by atoms with Crippen molar-refractivity contribution in [2.45, 2.75) is 40.2 Å². The molecular weight excluding hydrogens is 296 g/mol. The van der Waals surface area contributed by atoms with Gasteiger partial charge in [-0.05, 0) is 20.3 Å². The van der Waals surface area contributed by atoms with Crippen LogP contribution < -0.4 is 5.56 Å². The van der Waals surface area contributed by atoms with E-state index < -0.39 is 5.56 Å². The molecule has 2 aromatic heterocycles. The minimum Gasteiger partial charge on any atom is -0.493 e. The van der Waals surface area contributed by atoms with E-state index in [0.717, 1.165) is 12.1 Å². The Hall–Kier alpha value is -2.95. The average molecular weight is 314 g/mol. The summed E-state index contributed by atoms with van der Waals surface area (Å²) in [6.07, 6.45) is 1.56. The standard InChI is InChI=1S/C15H18N6O2/c1-4-5-6-21-14(22)11(8-16)10(3)13(15(21)23)20-19-12-7-9(2)17-18-12/h7,23H,4-6H2,1-3H3,(H,17,18)/b20-19+. The molecule has 0 saturated carbocycles. The van der Waals surface area contributed by atoms with Gasteiger partial charge in [-0.25, -0.2) is 0 Å². The quantitative estimate of drug-likeness (QED) is 0.824. The normalized spacial score (nSPS) is 11.0. The molecule has 0 bridgehead atoms. The van der Waals surface area contributed by atoms with Gasteiger partial charge < -0.3 is 5.11 Å². The van der Waals surface area contributed by atoms with E-state index in [9.17, 15) is 15.2 Å². The summed E-state index contributed by atoms with van der Waals surface area (Å²) in [6, 6.07) is 3.57. The lowest BCUT2D eigenvalue weighted by Crippen LogP contribution is -2.23. The highest BCUT2D eigenvalue weighted by molar-refractivity contribution is 5.59. The Kier molecular flexibility index (Phi) is 4.91. The monoisotopic (exact) mass is 314 g/mol. The fourth-order valence-corrected chi connectivity index (χ4v) is 2.14. The fourth-order valence-electron chi connectivity index (χ4n) is 2.14. The van der Waals surface area contributed by atoms with Gasteiger partial charge >= 0.3 is 0 Å². The summed E-state index contributed by atoms with van der Waals surface area (Å²) >= 11 is 0. The molecule has 120 valence electrons. The van der Waals surface area contributed by atoms with Crippen molar-refractivity contribution in [3.63, 3.8) is 0 Å². The third-order valence-electron chi connectivity index (χ3n) is 3.45. The maximum absolute atomic E-state index is 12.3. The molecule has 0 amide bonds. The molecule has 0 aliphatic carbocycles. The van der Waals surface area contributed by atoms with E-state index in [1.807, 2.05) is 19.9 Å². The highest BCUT2D eigenvalue weighted by atomic mass is 16.3. The maximum atomic E-state index is 12.3. The smallest absolute Gasteiger partial charge is 0.271 e. The first kappa shape index (κ1) is 16.4. The van der Waals surface area contributed by atoms with Crippen LogP contribution in [0.3, 0.4) is 0 Å². The summed E-state index contributed by atoms with van der Waals surface area (Å²) in [5, 5.41) is 34.2. The van der Waals surface area contributed by atoms with Crippen LogP contribution in [0.5, 0.6) is 5.88 Å². The van der Waals surface area contributed by atoms with Crippen molar-refractivity contribution in [1.29, 1.82) is 5.26 Å². The van der Waals surface area contributed by atoms with E-state index in [4.69, 9.17) is 0 Å². The molecule has 0 radical (unpaired) electrons. The first-order valence-electron chi connectivity index (χ1n) is 7.29. The number of azo groups is 1. The molecule has 23 heavy (non-hydrogen) atoms. The van der Waals surface area contributed by atoms with Gasteiger partial charge in [0.2, 0.25) is 5.88 Å². The number of unbranched alkanes of at least 4 members (excludes halogenated alkanes) is 1. The number of aromatic amines is 1. The van der Waals surface area contributed by atoms with Gasteiger partial charge in [0, 0.05) is 23.9 Å². The molecule has 0 aliphatic heterocycles. The predicted octanol–water partition coefficient (Wildman–Crippen LogP) is 2.98. The molecule has 2 aromatic rings.